The average molecular weight is 272 g/mol. The maximum absolute atomic E-state index is 11.8. The molecule has 1 saturated carbocycles. The summed E-state index contributed by atoms with van der Waals surface area (Å²) in [6.07, 6.45) is 4.11. The van der Waals surface area contributed by atoms with Crippen LogP contribution in [0.25, 0.3) is 0 Å². The molecule has 6 heteroatoms. The van der Waals surface area contributed by atoms with Gasteiger partial charge in [0.1, 0.15) is 0 Å². The minimum Gasteiger partial charge on any atom is -0.480 e. The van der Waals surface area contributed by atoms with Crippen LogP contribution in [0.15, 0.2) is 0 Å². The third-order valence-corrected chi connectivity index (χ3v) is 3.48. The number of aliphatic carboxylic acids is 1. The van der Waals surface area contributed by atoms with E-state index in [2.05, 4.69) is 24.5 Å². The number of rotatable bonds is 5. The largest absolute Gasteiger partial charge is 0.480 e. The van der Waals surface area contributed by atoms with E-state index in [9.17, 15) is 9.59 Å². The SMILES string of the molecule is COCC(NC(=O)NC1CCCC(C)(C)C1)C(=O)O. The van der Waals surface area contributed by atoms with E-state index in [1.165, 1.54) is 7.11 Å². The van der Waals surface area contributed by atoms with Crippen LogP contribution in [0.2, 0.25) is 0 Å². The lowest BCUT2D eigenvalue weighted by Gasteiger charge is -2.35. The lowest BCUT2D eigenvalue weighted by molar-refractivity contribution is -0.140. The zero-order valence-electron chi connectivity index (χ0n) is 11.9. The number of ether oxygens (including phenoxy) is 1. The second-order valence-corrected chi connectivity index (χ2v) is 5.92. The molecular weight excluding hydrogens is 248 g/mol. The summed E-state index contributed by atoms with van der Waals surface area (Å²) in [6, 6.07) is -1.34. The zero-order chi connectivity index (χ0) is 14.5. The van der Waals surface area contributed by atoms with Gasteiger partial charge in [-0.1, -0.05) is 20.3 Å². The van der Waals surface area contributed by atoms with Gasteiger partial charge in [-0.05, 0) is 24.7 Å². The van der Waals surface area contributed by atoms with Gasteiger partial charge in [0.15, 0.2) is 6.04 Å². The maximum Gasteiger partial charge on any atom is 0.328 e. The Morgan fingerprint density at radius 3 is 2.68 bits per heavy atom. The van der Waals surface area contributed by atoms with Gasteiger partial charge in [-0.3, -0.25) is 0 Å². The smallest absolute Gasteiger partial charge is 0.328 e. The number of methoxy groups -OCH3 is 1. The first-order chi connectivity index (χ1) is 8.84. The summed E-state index contributed by atoms with van der Waals surface area (Å²) >= 11 is 0. The van der Waals surface area contributed by atoms with E-state index in [-0.39, 0.29) is 18.1 Å². The van der Waals surface area contributed by atoms with Crippen LogP contribution in [-0.2, 0) is 9.53 Å². The molecule has 1 aliphatic carbocycles. The van der Waals surface area contributed by atoms with E-state index in [0.29, 0.717) is 0 Å². The number of amides is 2. The van der Waals surface area contributed by atoms with E-state index in [1.807, 2.05) is 0 Å². The van der Waals surface area contributed by atoms with E-state index in [1.54, 1.807) is 0 Å². The van der Waals surface area contributed by atoms with Gasteiger partial charge in [-0.2, -0.15) is 0 Å². The first kappa shape index (κ1) is 15.8. The van der Waals surface area contributed by atoms with Crippen LogP contribution in [0.5, 0.6) is 0 Å². The Labute approximate surface area is 113 Å². The van der Waals surface area contributed by atoms with E-state index < -0.39 is 18.0 Å². The van der Waals surface area contributed by atoms with Crippen molar-refractivity contribution in [1.82, 2.24) is 10.6 Å². The molecule has 0 radical (unpaired) electrons. The van der Waals surface area contributed by atoms with Crippen LogP contribution >= 0.6 is 0 Å². The standard InChI is InChI=1S/C13H24N2O4/c1-13(2)6-4-5-9(7-13)14-12(18)15-10(8-19-3)11(16)17/h9-10H,4-8H2,1-3H3,(H,16,17)(H2,14,15,18). The van der Waals surface area contributed by atoms with Crippen molar-refractivity contribution in [2.24, 2.45) is 5.41 Å². The van der Waals surface area contributed by atoms with Gasteiger partial charge >= 0.3 is 12.0 Å². The molecule has 0 spiro atoms. The fourth-order valence-electron chi connectivity index (χ4n) is 2.55. The molecule has 1 aliphatic rings. The van der Waals surface area contributed by atoms with Gasteiger partial charge in [0.05, 0.1) is 6.61 Å². The summed E-state index contributed by atoms with van der Waals surface area (Å²) in [5.74, 6) is -1.10. The van der Waals surface area contributed by atoms with Crippen molar-refractivity contribution in [3.05, 3.63) is 0 Å². The number of carbonyl (C=O) groups excluding carboxylic acids is 1. The molecule has 1 fully saturated rings. The Morgan fingerprint density at radius 2 is 2.16 bits per heavy atom. The van der Waals surface area contributed by atoms with Gasteiger partial charge in [-0.25, -0.2) is 9.59 Å². The number of hydrogen-bond donors (Lipinski definition) is 3. The average Bonchev–Trinajstić information content (AvgIpc) is 2.26. The molecule has 6 nitrogen and oxygen atoms in total. The molecule has 110 valence electrons. The lowest BCUT2D eigenvalue weighted by atomic mass is 9.75. The summed E-state index contributed by atoms with van der Waals surface area (Å²) in [6.45, 7) is 4.33. The second kappa shape index (κ2) is 6.75. The van der Waals surface area contributed by atoms with Crippen LogP contribution in [-0.4, -0.2) is 42.9 Å². The Kier molecular flexibility index (Phi) is 5.60. The molecule has 0 aromatic heterocycles. The summed E-state index contributed by atoms with van der Waals surface area (Å²) in [5.41, 5.74) is 0.231. The van der Waals surface area contributed by atoms with Crippen molar-refractivity contribution in [2.75, 3.05) is 13.7 Å². The maximum atomic E-state index is 11.8. The molecule has 3 N–H and O–H groups in total. The number of hydrogen-bond acceptors (Lipinski definition) is 3. The quantitative estimate of drug-likeness (QED) is 0.705. The molecule has 0 aromatic rings. The highest BCUT2D eigenvalue weighted by molar-refractivity contribution is 5.82. The molecule has 0 aliphatic heterocycles. The number of carboxylic acids is 1. The summed E-state index contributed by atoms with van der Waals surface area (Å²) in [4.78, 5) is 22.7. The molecule has 2 unspecified atom stereocenters. The lowest BCUT2D eigenvalue weighted by Crippen LogP contribution is -2.51. The van der Waals surface area contributed by atoms with Crippen LogP contribution in [0.4, 0.5) is 4.79 Å². The Balaban J connectivity index is 2.43. The van der Waals surface area contributed by atoms with Crippen molar-refractivity contribution >= 4 is 12.0 Å². The molecular formula is C13H24N2O4. The predicted octanol–water partition coefficient (Wildman–Crippen LogP) is 1.35. The highest BCUT2D eigenvalue weighted by Crippen LogP contribution is 2.34. The Bertz CT molecular complexity index is 331. The van der Waals surface area contributed by atoms with Gasteiger partial charge in [-0.15, -0.1) is 0 Å². The fourth-order valence-corrected chi connectivity index (χ4v) is 2.55. The monoisotopic (exact) mass is 272 g/mol. The van der Waals surface area contributed by atoms with E-state index in [0.717, 1.165) is 25.7 Å². The first-order valence-corrected chi connectivity index (χ1v) is 6.63. The molecule has 1 rings (SSSR count). The topological polar surface area (TPSA) is 87.7 Å². The highest BCUT2D eigenvalue weighted by atomic mass is 16.5. The van der Waals surface area contributed by atoms with Crippen molar-refractivity contribution in [2.45, 2.75) is 51.6 Å². The Hall–Kier alpha value is -1.30. The summed E-state index contributed by atoms with van der Waals surface area (Å²) < 4.78 is 4.77. The van der Waals surface area contributed by atoms with Gasteiger partial charge in [0.2, 0.25) is 0 Å². The number of nitrogens with one attached hydrogen (secondary N) is 2. The minimum atomic E-state index is -1.10. The van der Waals surface area contributed by atoms with Crippen LogP contribution in [0, 0.1) is 5.41 Å². The van der Waals surface area contributed by atoms with Crippen molar-refractivity contribution in [1.29, 1.82) is 0 Å². The molecule has 0 aromatic carbocycles. The van der Waals surface area contributed by atoms with E-state index in [4.69, 9.17) is 9.84 Å². The zero-order valence-corrected chi connectivity index (χ0v) is 11.9. The summed E-state index contributed by atoms with van der Waals surface area (Å²) in [7, 11) is 1.40. The summed E-state index contributed by atoms with van der Waals surface area (Å²) in [5, 5.41) is 14.2. The fraction of sp³-hybridized carbons (Fsp3) is 0.846. The third kappa shape index (κ3) is 5.46. The first-order valence-electron chi connectivity index (χ1n) is 6.63. The minimum absolute atomic E-state index is 0.0427. The molecule has 0 heterocycles. The van der Waals surface area contributed by atoms with Crippen molar-refractivity contribution in [3.63, 3.8) is 0 Å². The van der Waals surface area contributed by atoms with Crippen molar-refractivity contribution < 1.29 is 19.4 Å². The normalized spacial score (nSPS) is 23.4. The number of urea groups is 1. The van der Waals surface area contributed by atoms with E-state index >= 15 is 0 Å². The molecule has 0 bridgehead atoms. The molecule has 2 atom stereocenters. The van der Waals surface area contributed by atoms with Gasteiger partial charge in [0, 0.05) is 13.2 Å². The Morgan fingerprint density at radius 1 is 1.47 bits per heavy atom. The molecule has 2 amide bonds. The molecule has 0 saturated heterocycles. The predicted molar refractivity (Wildman–Crippen MR) is 71.0 cm³/mol. The second-order valence-electron chi connectivity index (χ2n) is 5.92. The van der Waals surface area contributed by atoms with Crippen molar-refractivity contribution in [3.8, 4) is 0 Å². The van der Waals surface area contributed by atoms with Gasteiger partial charge in [0.25, 0.3) is 0 Å². The van der Waals surface area contributed by atoms with Crippen LogP contribution < -0.4 is 10.6 Å². The van der Waals surface area contributed by atoms with Crippen LogP contribution in [0.3, 0.4) is 0 Å². The van der Waals surface area contributed by atoms with Crippen LogP contribution in [0.1, 0.15) is 39.5 Å². The molecule has 19 heavy (non-hydrogen) atoms. The number of carbonyl (C=O) groups is 2. The number of carboxylic acid groups (broad SMARTS) is 1. The van der Waals surface area contributed by atoms with Gasteiger partial charge < -0.3 is 20.5 Å². The highest BCUT2D eigenvalue weighted by Gasteiger charge is 2.29. The third-order valence-electron chi connectivity index (χ3n) is 3.48.